The van der Waals surface area contributed by atoms with Gasteiger partial charge in [-0.2, -0.15) is 4.31 Å². The van der Waals surface area contributed by atoms with E-state index in [2.05, 4.69) is 0 Å². The molecule has 9 heteroatoms. The Balaban J connectivity index is 2.03. The van der Waals surface area contributed by atoms with Crippen LogP contribution in [0, 0.1) is 11.6 Å². The van der Waals surface area contributed by atoms with Crippen molar-refractivity contribution in [3.63, 3.8) is 0 Å². The second kappa shape index (κ2) is 9.61. The fourth-order valence-electron chi connectivity index (χ4n) is 2.44. The number of rotatable bonds is 9. The Morgan fingerprint density at radius 2 is 1.64 bits per heavy atom. The second-order valence-electron chi connectivity index (χ2n) is 5.67. The van der Waals surface area contributed by atoms with Gasteiger partial charge in [-0.05, 0) is 42.5 Å². The van der Waals surface area contributed by atoms with E-state index in [1.165, 1.54) is 28.6 Å². The molecule has 6 nitrogen and oxygen atoms in total. The topological polar surface area (TPSA) is 72.9 Å². The van der Waals surface area contributed by atoms with Crippen LogP contribution in [-0.4, -0.2) is 45.0 Å². The van der Waals surface area contributed by atoms with Gasteiger partial charge < -0.3 is 9.47 Å². The van der Waals surface area contributed by atoms with E-state index in [0.29, 0.717) is 5.75 Å². The van der Waals surface area contributed by atoms with Gasteiger partial charge in [-0.1, -0.05) is 13.8 Å². The van der Waals surface area contributed by atoms with Crippen molar-refractivity contribution >= 4 is 16.0 Å². The average molecular weight is 413 g/mol. The monoisotopic (exact) mass is 413 g/mol. The molecule has 152 valence electrons. The van der Waals surface area contributed by atoms with Crippen molar-refractivity contribution in [1.82, 2.24) is 4.31 Å². The van der Waals surface area contributed by atoms with Gasteiger partial charge in [0.05, 0.1) is 10.5 Å². The van der Waals surface area contributed by atoms with Crippen LogP contribution in [0.2, 0.25) is 0 Å². The molecule has 0 aliphatic rings. The predicted molar refractivity (Wildman–Crippen MR) is 98.7 cm³/mol. The summed E-state index contributed by atoms with van der Waals surface area (Å²) in [6.45, 7) is 3.63. The van der Waals surface area contributed by atoms with Crippen LogP contribution in [0.4, 0.5) is 8.78 Å². The largest absolute Gasteiger partial charge is 0.490 e. The smallest absolute Gasteiger partial charge is 0.341 e. The first-order valence-electron chi connectivity index (χ1n) is 8.64. The molecule has 0 unspecified atom stereocenters. The van der Waals surface area contributed by atoms with Gasteiger partial charge in [0.25, 0.3) is 0 Å². The summed E-state index contributed by atoms with van der Waals surface area (Å²) in [7, 11) is -3.84. The summed E-state index contributed by atoms with van der Waals surface area (Å²) in [6.07, 6.45) is 0. The van der Waals surface area contributed by atoms with E-state index in [-0.39, 0.29) is 31.2 Å². The summed E-state index contributed by atoms with van der Waals surface area (Å²) in [5, 5.41) is 0. The van der Waals surface area contributed by atoms with Crippen molar-refractivity contribution in [2.45, 2.75) is 18.7 Å². The highest BCUT2D eigenvalue weighted by molar-refractivity contribution is 7.89. The lowest BCUT2D eigenvalue weighted by molar-refractivity contribution is 0.0445. The number of benzene rings is 2. The van der Waals surface area contributed by atoms with Crippen LogP contribution in [-0.2, 0) is 14.8 Å². The maximum Gasteiger partial charge on any atom is 0.341 e. The van der Waals surface area contributed by atoms with Gasteiger partial charge in [-0.3, -0.25) is 0 Å². The molecule has 0 N–H and O–H groups in total. The highest BCUT2D eigenvalue weighted by Gasteiger charge is 2.24. The lowest BCUT2D eigenvalue weighted by Crippen LogP contribution is -2.30. The van der Waals surface area contributed by atoms with E-state index in [9.17, 15) is 22.0 Å². The average Bonchev–Trinajstić information content (AvgIpc) is 2.67. The second-order valence-corrected chi connectivity index (χ2v) is 7.61. The van der Waals surface area contributed by atoms with Crippen LogP contribution in [0.1, 0.15) is 24.2 Å². The zero-order chi connectivity index (χ0) is 20.7. The molecule has 0 aliphatic heterocycles. The van der Waals surface area contributed by atoms with Gasteiger partial charge in [-0.15, -0.1) is 0 Å². The Bertz CT molecular complexity index is 912. The van der Waals surface area contributed by atoms with E-state index in [1.807, 2.05) is 0 Å². The molecule has 2 rings (SSSR count). The van der Waals surface area contributed by atoms with Crippen LogP contribution in [0.5, 0.6) is 5.75 Å². The first-order chi connectivity index (χ1) is 13.3. The summed E-state index contributed by atoms with van der Waals surface area (Å²) in [6, 6.07) is 8.26. The number of halogens is 2. The lowest BCUT2D eigenvalue weighted by atomic mass is 10.2. The number of sulfonamides is 1. The molecule has 2 aromatic rings. The van der Waals surface area contributed by atoms with Gasteiger partial charge in [0.15, 0.2) is 0 Å². The molecule has 0 saturated carbocycles. The van der Waals surface area contributed by atoms with Gasteiger partial charge in [0.1, 0.15) is 30.6 Å². The molecule has 2 aromatic carbocycles. The quantitative estimate of drug-likeness (QED) is 0.466. The molecule has 0 radical (unpaired) electrons. The summed E-state index contributed by atoms with van der Waals surface area (Å²) in [4.78, 5) is 11.9. The third-order valence-corrected chi connectivity index (χ3v) is 5.95. The molecule has 0 bridgehead atoms. The molecule has 0 spiro atoms. The molecule has 0 aromatic heterocycles. The van der Waals surface area contributed by atoms with E-state index in [4.69, 9.17) is 9.47 Å². The third-order valence-electron chi connectivity index (χ3n) is 3.90. The van der Waals surface area contributed by atoms with E-state index in [1.54, 1.807) is 13.8 Å². The molecule has 0 saturated heterocycles. The van der Waals surface area contributed by atoms with Crippen LogP contribution < -0.4 is 4.74 Å². The van der Waals surface area contributed by atoms with E-state index in [0.717, 1.165) is 18.2 Å². The summed E-state index contributed by atoms with van der Waals surface area (Å²) < 4.78 is 63.3. The minimum absolute atomic E-state index is 0.0313. The minimum atomic E-state index is -3.84. The van der Waals surface area contributed by atoms with Crippen molar-refractivity contribution in [2.24, 2.45) is 0 Å². The van der Waals surface area contributed by atoms with Crippen molar-refractivity contribution in [3.8, 4) is 5.75 Å². The zero-order valence-electron chi connectivity index (χ0n) is 15.5. The molecule has 28 heavy (non-hydrogen) atoms. The fraction of sp³-hybridized carbons (Fsp3) is 0.316. The molecular formula is C19H21F2NO5S. The number of hydrogen-bond donors (Lipinski definition) is 0. The number of nitrogens with zero attached hydrogens (tertiary/aromatic N) is 1. The molecule has 0 amide bonds. The van der Waals surface area contributed by atoms with Crippen molar-refractivity contribution < 1.29 is 31.5 Å². The number of hydrogen-bond acceptors (Lipinski definition) is 5. The third kappa shape index (κ3) is 5.26. The number of esters is 1. The Labute approximate surface area is 162 Å². The minimum Gasteiger partial charge on any atom is -0.490 e. The summed E-state index contributed by atoms with van der Waals surface area (Å²) in [5.74, 6) is -1.91. The molecule has 0 heterocycles. The van der Waals surface area contributed by atoms with Crippen molar-refractivity contribution in [3.05, 3.63) is 59.7 Å². The fourth-order valence-corrected chi connectivity index (χ4v) is 3.92. The molecule has 0 fully saturated rings. The Hall–Kier alpha value is -2.52. The highest BCUT2D eigenvalue weighted by Crippen LogP contribution is 2.20. The van der Waals surface area contributed by atoms with Crippen LogP contribution in [0.25, 0.3) is 0 Å². The Morgan fingerprint density at radius 1 is 1.00 bits per heavy atom. The number of carbonyl (C=O) groups is 1. The van der Waals surface area contributed by atoms with Crippen molar-refractivity contribution in [2.75, 3.05) is 26.3 Å². The van der Waals surface area contributed by atoms with Crippen LogP contribution >= 0.6 is 0 Å². The van der Waals surface area contributed by atoms with Gasteiger partial charge in [-0.25, -0.2) is 22.0 Å². The normalized spacial score (nSPS) is 11.5. The highest BCUT2D eigenvalue weighted by atomic mass is 32.2. The van der Waals surface area contributed by atoms with Crippen LogP contribution in [0.3, 0.4) is 0 Å². The van der Waals surface area contributed by atoms with Crippen molar-refractivity contribution in [1.29, 1.82) is 0 Å². The number of carbonyl (C=O) groups excluding carboxylic acids is 1. The predicted octanol–water partition coefficient (Wildman–Crippen LogP) is 3.23. The van der Waals surface area contributed by atoms with E-state index < -0.39 is 33.2 Å². The van der Waals surface area contributed by atoms with Crippen LogP contribution in [0.15, 0.2) is 47.4 Å². The summed E-state index contributed by atoms with van der Waals surface area (Å²) >= 11 is 0. The maximum absolute atomic E-state index is 14.0. The van der Waals surface area contributed by atoms with Gasteiger partial charge in [0.2, 0.25) is 10.0 Å². The first kappa shape index (κ1) is 21.8. The standard InChI is InChI=1S/C19H21F2NO5S/c1-3-22(4-2)28(24,25)16-9-10-18(21)17(13-16)19(23)27-12-11-26-15-7-5-14(20)6-8-15/h5-10,13H,3-4,11-12H2,1-2H3. The van der Waals surface area contributed by atoms with E-state index >= 15 is 0 Å². The van der Waals surface area contributed by atoms with Gasteiger partial charge in [0, 0.05) is 13.1 Å². The molecular weight excluding hydrogens is 392 g/mol. The SMILES string of the molecule is CCN(CC)S(=O)(=O)c1ccc(F)c(C(=O)OCCOc2ccc(F)cc2)c1. The number of ether oxygens (including phenoxy) is 2. The first-order valence-corrected chi connectivity index (χ1v) is 10.1. The molecule has 0 atom stereocenters. The maximum atomic E-state index is 14.0. The summed E-state index contributed by atoms with van der Waals surface area (Å²) in [5.41, 5.74) is -0.477. The Kier molecular flexibility index (Phi) is 7.47. The zero-order valence-corrected chi connectivity index (χ0v) is 16.3. The van der Waals surface area contributed by atoms with Gasteiger partial charge >= 0.3 is 5.97 Å². The molecule has 0 aliphatic carbocycles. The lowest BCUT2D eigenvalue weighted by Gasteiger charge is -2.18. The Morgan fingerprint density at radius 3 is 2.25 bits per heavy atom.